The zero-order valence-corrected chi connectivity index (χ0v) is 17.5. The first-order valence-corrected chi connectivity index (χ1v) is 11.9. The summed E-state index contributed by atoms with van der Waals surface area (Å²) in [6.45, 7) is 4.90. The van der Waals surface area contributed by atoms with E-state index in [9.17, 15) is 13.2 Å². The van der Waals surface area contributed by atoms with Crippen LogP contribution in [0, 0.1) is 0 Å². The van der Waals surface area contributed by atoms with Gasteiger partial charge in [0.2, 0.25) is 15.9 Å². The summed E-state index contributed by atoms with van der Waals surface area (Å²) in [7, 11) is -3.71. The highest BCUT2D eigenvalue weighted by molar-refractivity contribution is 7.89. The molecule has 0 spiro atoms. The summed E-state index contributed by atoms with van der Waals surface area (Å²) >= 11 is 0. The summed E-state index contributed by atoms with van der Waals surface area (Å²) in [5.74, 6) is 0.998. The molecular formula is C20H29N3O5S. The Morgan fingerprint density at radius 1 is 1.07 bits per heavy atom. The quantitative estimate of drug-likeness (QED) is 0.740. The number of fused-ring (bicyclic) bond motifs is 1. The van der Waals surface area contributed by atoms with Crippen molar-refractivity contribution in [3.8, 4) is 11.5 Å². The summed E-state index contributed by atoms with van der Waals surface area (Å²) < 4.78 is 38.8. The van der Waals surface area contributed by atoms with Crippen molar-refractivity contribution in [1.82, 2.24) is 14.5 Å². The van der Waals surface area contributed by atoms with Crippen LogP contribution in [0.1, 0.15) is 32.1 Å². The van der Waals surface area contributed by atoms with Gasteiger partial charge in [-0.15, -0.1) is 0 Å². The second-order valence-corrected chi connectivity index (χ2v) is 9.60. The fourth-order valence-electron chi connectivity index (χ4n) is 4.22. The standard InChI is InChI=1S/C20H29N3O5S/c24-20(23-11-7-16(15-23)22-9-1-2-10-22)6-8-21-29(25,26)17-4-5-18-19(14-17)28-13-3-12-27-18/h4-5,14,16,21H,1-3,6-13,15H2. The molecule has 3 aliphatic heterocycles. The molecule has 1 amide bonds. The van der Waals surface area contributed by atoms with E-state index in [0.717, 1.165) is 39.0 Å². The molecule has 29 heavy (non-hydrogen) atoms. The molecule has 0 saturated carbocycles. The number of nitrogens with one attached hydrogen (secondary N) is 1. The van der Waals surface area contributed by atoms with Crippen LogP contribution >= 0.6 is 0 Å². The maximum absolute atomic E-state index is 12.6. The number of rotatable bonds is 6. The number of carbonyl (C=O) groups is 1. The predicted octanol–water partition coefficient (Wildman–Crippen LogP) is 1.21. The lowest BCUT2D eigenvalue weighted by Gasteiger charge is -2.23. The average Bonchev–Trinajstić information content (AvgIpc) is 3.35. The topological polar surface area (TPSA) is 88.2 Å². The molecule has 0 aliphatic carbocycles. The molecule has 4 rings (SSSR count). The van der Waals surface area contributed by atoms with Gasteiger partial charge in [-0.25, -0.2) is 13.1 Å². The van der Waals surface area contributed by atoms with Crippen molar-refractivity contribution in [3.63, 3.8) is 0 Å². The van der Waals surface area contributed by atoms with E-state index in [0.29, 0.717) is 30.8 Å². The molecule has 9 heteroatoms. The van der Waals surface area contributed by atoms with Crippen LogP contribution in [0.5, 0.6) is 11.5 Å². The van der Waals surface area contributed by atoms with Crippen molar-refractivity contribution < 1.29 is 22.7 Å². The molecule has 2 fully saturated rings. The van der Waals surface area contributed by atoms with Crippen molar-refractivity contribution in [1.29, 1.82) is 0 Å². The Bertz CT molecular complexity index is 839. The maximum Gasteiger partial charge on any atom is 0.240 e. The third kappa shape index (κ3) is 4.84. The van der Waals surface area contributed by atoms with Gasteiger partial charge in [0.25, 0.3) is 0 Å². The summed E-state index contributed by atoms with van der Waals surface area (Å²) in [5.41, 5.74) is 0. The van der Waals surface area contributed by atoms with E-state index >= 15 is 0 Å². The molecule has 3 aliphatic rings. The van der Waals surface area contributed by atoms with Gasteiger partial charge in [0.15, 0.2) is 11.5 Å². The van der Waals surface area contributed by atoms with E-state index in [-0.39, 0.29) is 23.8 Å². The highest BCUT2D eigenvalue weighted by Crippen LogP contribution is 2.31. The number of hydrogen-bond donors (Lipinski definition) is 1. The number of likely N-dealkylation sites (tertiary alicyclic amines) is 2. The number of benzene rings is 1. The molecule has 1 N–H and O–H groups in total. The SMILES string of the molecule is O=C(CCNS(=O)(=O)c1ccc2c(c1)OCCCO2)N1CCC(N2CCCC2)C1. The van der Waals surface area contributed by atoms with E-state index < -0.39 is 10.0 Å². The van der Waals surface area contributed by atoms with Crippen LogP contribution in [0.25, 0.3) is 0 Å². The van der Waals surface area contributed by atoms with Crippen LogP contribution in [0.15, 0.2) is 23.1 Å². The van der Waals surface area contributed by atoms with Crippen LogP contribution in [0.3, 0.4) is 0 Å². The fourth-order valence-corrected chi connectivity index (χ4v) is 5.26. The van der Waals surface area contributed by atoms with Gasteiger partial charge < -0.3 is 14.4 Å². The van der Waals surface area contributed by atoms with Crippen LogP contribution < -0.4 is 14.2 Å². The molecule has 0 aromatic heterocycles. The van der Waals surface area contributed by atoms with Crippen LogP contribution in [-0.4, -0.2) is 76.1 Å². The van der Waals surface area contributed by atoms with E-state index in [1.807, 2.05) is 4.90 Å². The molecule has 8 nitrogen and oxygen atoms in total. The Labute approximate surface area is 172 Å². The summed E-state index contributed by atoms with van der Waals surface area (Å²) in [6.07, 6.45) is 4.41. The van der Waals surface area contributed by atoms with Gasteiger partial charge in [-0.05, 0) is 44.5 Å². The van der Waals surface area contributed by atoms with Crippen molar-refractivity contribution in [2.45, 2.75) is 43.0 Å². The first kappa shape index (κ1) is 20.4. The number of carbonyl (C=O) groups excluding carboxylic acids is 1. The smallest absolute Gasteiger partial charge is 0.240 e. The summed E-state index contributed by atoms with van der Waals surface area (Å²) in [5, 5.41) is 0. The van der Waals surface area contributed by atoms with Crippen molar-refractivity contribution in [3.05, 3.63) is 18.2 Å². The van der Waals surface area contributed by atoms with Gasteiger partial charge in [0.05, 0.1) is 18.1 Å². The van der Waals surface area contributed by atoms with Gasteiger partial charge >= 0.3 is 0 Å². The molecule has 0 radical (unpaired) electrons. The molecule has 2 saturated heterocycles. The van der Waals surface area contributed by atoms with E-state index in [2.05, 4.69) is 9.62 Å². The molecule has 1 aromatic rings. The lowest BCUT2D eigenvalue weighted by molar-refractivity contribution is -0.130. The zero-order valence-electron chi connectivity index (χ0n) is 16.6. The molecule has 1 atom stereocenters. The van der Waals surface area contributed by atoms with Crippen molar-refractivity contribution in [2.75, 3.05) is 45.9 Å². The first-order valence-electron chi connectivity index (χ1n) is 10.4. The highest BCUT2D eigenvalue weighted by atomic mass is 32.2. The first-order chi connectivity index (χ1) is 14.0. The normalized spacial score (nSPS) is 22.6. The van der Waals surface area contributed by atoms with E-state index in [4.69, 9.17) is 9.47 Å². The number of amides is 1. The Kier molecular flexibility index (Phi) is 6.26. The van der Waals surface area contributed by atoms with Crippen LogP contribution in [0.4, 0.5) is 0 Å². The van der Waals surface area contributed by atoms with Crippen LogP contribution in [-0.2, 0) is 14.8 Å². The van der Waals surface area contributed by atoms with Gasteiger partial charge in [-0.3, -0.25) is 9.69 Å². The Morgan fingerprint density at radius 3 is 2.62 bits per heavy atom. The molecule has 160 valence electrons. The van der Waals surface area contributed by atoms with Gasteiger partial charge in [-0.2, -0.15) is 0 Å². The summed E-state index contributed by atoms with van der Waals surface area (Å²) in [4.78, 5) is 16.9. The lowest BCUT2D eigenvalue weighted by atomic mass is 10.2. The largest absolute Gasteiger partial charge is 0.490 e. The van der Waals surface area contributed by atoms with Gasteiger partial charge in [0, 0.05) is 44.6 Å². The monoisotopic (exact) mass is 423 g/mol. The number of ether oxygens (including phenoxy) is 2. The van der Waals surface area contributed by atoms with E-state index in [1.54, 1.807) is 6.07 Å². The minimum Gasteiger partial charge on any atom is -0.490 e. The predicted molar refractivity (Wildman–Crippen MR) is 108 cm³/mol. The maximum atomic E-state index is 12.6. The molecule has 0 bridgehead atoms. The van der Waals surface area contributed by atoms with E-state index in [1.165, 1.54) is 25.0 Å². The second-order valence-electron chi connectivity index (χ2n) is 7.83. The Balaban J connectivity index is 1.28. The van der Waals surface area contributed by atoms with Crippen molar-refractivity contribution in [2.24, 2.45) is 0 Å². The van der Waals surface area contributed by atoms with Crippen molar-refractivity contribution >= 4 is 15.9 Å². The Morgan fingerprint density at radius 2 is 1.83 bits per heavy atom. The minimum atomic E-state index is -3.71. The van der Waals surface area contributed by atoms with Crippen LogP contribution in [0.2, 0.25) is 0 Å². The number of hydrogen-bond acceptors (Lipinski definition) is 6. The second kappa shape index (κ2) is 8.89. The molecule has 1 unspecified atom stereocenters. The molecule has 3 heterocycles. The lowest BCUT2D eigenvalue weighted by Crippen LogP contribution is -2.38. The van der Waals surface area contributed by atoms with Gasteiger partial charge in [0.1, 0.15) is 0 Å². The zero-order chi connectivity index (χ0) is 20.3. The van der Waals surface area contributed by atoms with Gasteiger partial charge in [-0.1, -0.05) is 0 Å². The molecular weight excluding hydrogens is 394 g/mol. The average molecular weight is 424 g/mol. The fraction of sp³-hybridized carbons (Fsp3) is 0.650. The summed E-state index contributed by atoms with van der Waals surface area (Å²) in [6, 6.07) is 5.05. The Hall–Kier alpha value is -1.84. The number of nitrogens with zero attached hydrogens (tertiary/aromatic N) is 2. The number of sulfonamides is 1. The highest BCUT2D eigenvalue weighted by Gasteiger charge is 2.31. The molecule has 1 aromatic carbocycles. The third-order valence-electron chi connectivity index (χ3n) is 5.83. The third-order valence-corrected chi connectivity index (χ3v) is 7.29. The minimum absolute atomic E-state index is 0.00746.